The minimum Gasteiger partial charge on any atom is -0.336 e. The second-order valence-electron chi connectivity index (χ2n) is 5.78. The fourth-order valence-corrected chi connectivity index (χ4v) is 2.59. The van der Waals surface area contributed by atoms with E-state index in [1.807, 2.05) is 39.2 Å². The molecule has 2 aromatic heterocycles. The van der Waals surface area contributed by atoms with Crippen LogP contribution in [0.25, 0.3) is 22.0 Å². The molecule has 1 aromatic carbocycles. The minimum atomic E-state index is -0.326. The highest BCUT2D eigenvalue weighted by molar-refractivity contribution is 6.35. The van der Waals surface area contributed by atoms with Crippen molar-refractivity contribution in [3.05, 3.63) is 35.6 Å². The molecule has 2 heterocycles. The van der Waals surface area contributed by atoms with E-state index in [1.165, 1.54) is 0 Å². The third-order valence-electron chi connectivity index (χ3n) is 3.34. The van der Waals surface area contributed by atoms with Crippen LogP contribution in [0.2, 0.25) is 5.02 Å². The molecule has 0 atom stereocenters. The lowest BCUT2D eigenvalue weighted by molar-refractivity contribution is 0.250. The van der Waals surface area contributed by atoms with Crippen LogP contribution < -0.4 is 10.6 Å². The van der Waals surface area contributed by atoms with Gasteiger partial charge in [0.05, 0.1) is 11.2 Å². The van der Waals surface area contributed by atoms with Crippen LogP contribution in [-0.4, -0.2) is 32.1 Å². The topological polar surface area (TPSA) is 84.7 Å². The zero-order valence-corrected chi connectivity index (χ0v) is 14.3. The molecule has 24 heavy (non-hydrogen) atoms. The SMILES string of the molecule is CC(C)NC(=O)Nc1cc2cc(-c3cnn(C)c3)cc(Cl)c2nn1. The Balaban J connectivity index is 1.97. The van der Waals surface area contributed by atoms with Crippen LogP contribution in [0.15, 0.2) is 30.6 Å². The number of nitrogens with zero attached hydrogens (tertiary/aromatic N) is 4. The van der Waals surface area contributed by atoms with Gasteiger partial charge in [-0.1, -0.05) is 11.6 Å². The molecule has 8 heteroatoms. The monoisotopic (exact) mass is 344 g/mol. The Bertz CT molecular complexity index is 905. The third-order valence-corrected chi connectivity index (χ3v) is 3.63. The number of carbonyl (C=O) groups is 1. The lowest BCUT2D eigenvalue weighted by atomic mass is 10.1. The van der Waals surface area contributed by atoms with Crippen LogP contribution >= 0.6 is 11.6 Å². The molecule has 2 N–H and O–H groups in total. The molecular weight excluding hydrogens is 328 g/mol. The number of urea groups is 1. The summed E-state index contributed by atoms with van der Waals surface area (Å²) in [6, 6.07) is 5.22. The average molecular weight is 345 g/mol. The Hall–Kier alpha value is -2.67. The van der Waals surface area contributed by atoms with E-state index in [-0.39, 0.29) is 12.1 Å². The van der Waals surface area contributed by atoms with Crippen molar-refractivity contribution < 1.29 is 4.79 Å². The molecule has 0 radical (unpaired) electrons. The van der Waals surface area contributed by atoms with Gasteiger partial charge in [0.1, 0.15) is 5.52 Å². The molecule has 0 aliphatic carbocycles. The van der Waals surface area contributed by atoms with Crippen molar-refractivity contribution in [3.8, 4) is 11.1 Å². The Kier molecular flexibility index (Phi) is 4.35. The molecule has 0 saturated carbocycles. The number of benzene rings is 1. The molecule has 3 aromatic rings. The minimum absolute atomic E-state index is 0.0324. The molecule has 0 saturated heterocycles. The quantitative estimate of drug-likeness (QED) is 0.764. The van der Waals surface area contributed by atoms with Crippen LogP contribution in [0.4, 0.5) is 10.6 Å². The predicted octanol–water partition coefficient (Wildman–Crippen LogP) is 3.21. The maximum Gasteiger partial charge on any atom is 0.320 e. The molecule has 0 unspecified atom stereocenters. The Morgan fingerprint density at radius 1 is 1.21 bits per heavy atom. The largest absolute Gasteiger partial charge is 0.336 e. The van der Waals surface area contributed by atoms with Crippen molar-refractivity contribution in [2.45, 2.75) is 19.9 Å². The highest BCUT2D eigenvalue weighted by atomic mass is 35.5. The standard InChI is InChI=1S/C16H17ClN6O/c1-9(2)19-16(24)20-14-6-11-4-10(12-7-18-23(3)8-12)5-13(17)15(11)22-21-14/h4-9H,1-3H3,(H2,19,20,21,24). The van der Waals surface area contributed by atoms with Crippen molar-refractivity contribution in [1.29, 1.82) is 0 Å². The fourth-order valence-electron chi connectivity index (χ4n) is 2.33. The van der Waals surface area contributed by atoms with E-state index in [0.29, 0.717) is 16.4 Å². The lowest BCUT2D eigenvalue weighted by Crippen LogP contribution is -2.34. The third kappa shape index (κ3) is 3.46. The number of fused-ring (bicyclic) bond motifs is 1. The van der Waals surface area contributed by atoms with Crippen molar-refractivity contribution in [1.82, 2.24) is 25.3 Å². The molecule has 0 aliphatic heterocycles. The summed E-state index contributed by atoms with van der Waals surface area (Å²) in [5, 5.41) is 19.0. The van der Waals surface area contributed by atoms with Crippen LogP contribution in [0.3, 0.4) is 0 Å². The summed E-state index contributed by atoms with van der Waals surface area (Å²) >= 11 is 6.32. The summed E-state index contributed by atoms with van der Waals surface area (Å²) in [6.45, 7) is 3.76. The summed E-state index contributed by atoms with van der Waals surface area (Å²) in [6.07, 6.45) is 3.67. The molecule has 0 spiro atoms. The van der Waals surface area contributed by atoms with Crippen molar-refractivity contribution in [2.24, 2.45) is 7.05 Å². The van der Waals surface area contributed by atoms with Gasteiger partial charge in [-0.15, -0.1) is 10.2 Å². The van der Waals surface area contributed by atoms with Gasteiger partial charge in [0.2, 0.25) is 0 Å². The van der Waals surface area contributed by atoms with Gasteiger partial charge < -0.3 is 5.32 Å². The van der Waals surface area contributed by atoms with E-state index in [0.717, 1.165) is 16.5 Å². The first-order valence-corrected chi connectivity index (χ1v) is 7.83. The van der Waals surface area contributed by atoms with Gasteiger partial charge in [-0.2, -0.15) is 5.10 Å². The van der Waals surface area contributed by atoms with E-state index < -0.39 is 0 Å². The van der Waals surface area contributed by atoms with Crippen molar-refractivity contribution >= 4 is 34.4 Å². The Morgan fingerprint density at radius 2 is 2.00 bits per heavy atom. The maximum absolute atomic E-state index is 11.8. The first-order valence-electron chi connectivity index (χ1n) is 7.46. The number of halogens is 1. The lowest BCUT2D eigenvalue weighted by Gasteiger charge is -2.10. The van der Waals surface area contributed by atoms with E-state index in [1.54, 1.807) is 16.9 Å². The molecule has 0 bridgehead atoms. The number of hydrogen-bond donors (Lipinski definition) is 2. The predicted molar refractivity (Wildman–Crippen MR) is 94.0 cm³/mol. The average Bonchev–Trinajstić information content (AvgIpc) is 2.92. The van der Waals surface area contributed by atoms with Gasteiger partial charge in [0.15, 0.2) is 5.82 Å². The van der Waals surface area contributed by atoms with Gasteiger partial charge >= 0.3 is 6.03 Å². The first kappa shape index (κ1) is 16.2. The van der Waals surface area contributed by atoms with E-state index in [9.17, 15) is 4.79 Å². The fraction of sp³-hybridized carbons (Fsp3) is 0.250. The molecule has 124 valence electrons. The molecule has 2 amide bonds. The normalized spacial score (nSPS) is 11.0. The number of nitrogens with one attached hydrogen (secondary N) is 2. The first-order chi connectivity index (χ1) is 11.4. The van der Waals surface area contributed by atoms with Crippen LogP contribution in [0.1, 0.15) is 13.8 Å². The summed E-state index contributed by atoms with van der Waals surface area (Å²) in [7, 11) is 1.85. The molecule has 7 nitrogen and oxygen atoms in total. The highest BCUT2D eigenvalue weighted by Gasteiger charge is 2.10. The zero-order chi connectivity index (χ0) is 17.3. The number of aromatic nitrogens is 4. The van der Waals surface area contributed by atoms with Crippen LogP contribution in [0.5, 0.6) is 0 Å². The van der Waals surface area contributed by atoms with E-state index in [2.05, 4.69) is 25.9 Å². The van der Waals surface area contributed by atoms with Crippen molar-refractivity contribution in [2.75, 3.05) is 5.32 Å². The number of amides is 2. The second-order valence-corrected chi connectivity index (χ2v) is 6.19. The van der Waals surface area contributed by atoms with Gasteiger partial charge in [0.25, 0.3) is 0 Å². The molecule has 0 aliphatic rings. The van der Waals surface area contributed by atoms with Gasteiger partial charge in [-0.05, 0) is 37.6 Å². The maximum atomic E-state index is 11.8. The number of rotatable bonds is 3. The molecular formula is C16H17ClN6O. The molecule has 3 rings (SSSR count). The molecule has 0 fully saturated rings. The Morgan fingerprint density at radius 3 is 2.67 bits per heavy atom. The Labute approximate surface area is 144 Å². The van der Waals surface area contributed by atoms with E-state index >= 15 is 0 Å². The van der Waals surface area contributed by atoms with Crippen LogP contribution in [0, 0.1) is 0 Å². The number of hydrogen-bond acceptors (Lipinski definition) is 4. The number of aryl methyl sites for hydroxylation is 1. The van der Waals surface area contributed by atoms with E-state index in [4.69, 9.17) is 11.6 Å². The second kappa shape index (κ2) is 6.45. The number of carbonyl (C=O) groups excluding carboxylic acids is 1. The smallest absolute Gasteiger partial charge is 0.320 e. The number of anilines is 1. The zero-order valence-electron chi connectivity index (χ0n) is 13.5. The van der Waals surface area contributed by atoms with Gasteiger partial charge in [-0.25, -0.2) is 4.79 Å². The summed E-state index contributed by atoms with van der Waals surface area (Å²) < 4.78 is 1.72. The summed E-state index contributed by atoms with van der Waals surface area (Å²) in [4.78, 5) is 11.8. The van der Waals surface area contributed by atoms with Gasteiger partial charge in [-0.3, -0.25) is 10.00 Å². The van der Waals surface area contributed by atoms with Crippen LogP contribution in [-0.2, 0) is 7.05 Å². The summed E-state index contributed by atoms with van der Waals surface area (Å²) in [5.74, 6) is 0.361. The summed E-state index contributed by atoms with van der Waals surface area (Å²) in [5.41, 5.74) is 2.45. The highest BCUT2D eigenvalue weighted by Crippen LogP contribution is 2.30. The van der Waals surface area contributed by atoms with Crippen molar-refractivity contribution in [3.63, 3.8) is 0 Å². The van der Waals surface area contributed by atoms with Gasteiger partial charge in [0, 0.05) is 30.2 Å².